The van der Waals surface area contributed by atoms with Gasteiger partial charge in [-0.1, -0.05) is 72.3 Å². The maximum Gasteiger partial charge on any atom is 0.251 e. The molecule has 6 rings (SSSR count). The van der Waals surface area contributed by atoms with Crippen molar-refractivity contribution < 1.29 is 19.5 Å². The van der Waals surface area contributed by atoms with E-state index in [1.807, 2.05) is 60.7 Å². The normalized spacial score (nSPS) is 25.2. The van der Waals surface area contributed by atoms with Crippen molar-refractivity contribution in [3.8, 4) is 0 Å². The van der Waals surface area contributed by atoms with Crippen LogP contribution >= 0.6 is 23.4 Å². The Morgan fingerprint density at radius 3 is 2.13 bits per heavy atom. The van der Waals surface area contributed by atoms with Gasteiger partial charge in [0.15, 0.2) is 0 Å². The summed E-state index contributed by atoms with van der Waals surface area (Å²) in [6, 6.07) is 24.6. The van der Waals surface area contributed by atoms with Gasteiger partial charge in [-0.3, -0.25) is 14.4 Å². The van der Waals surface area contributed by atoms with Crippen LogP contribution in [0.4, 0.5) is 11.4 Å². The zero-order valence-electron chi connectivity index (χ0n) is 25.6. The minimum absolute atomic E-state index is 0.111. The summed E-state index contributed by atoms with van der Waals surface area (Å²) in [5.41, 5.74) is 2.32. The molecule has 1 N–H and O–H groups in total. The lowest BCUT2D eigenvalue weighted by Gasteiger charge is -2.39. The van der Waals surface area contributed by atoms with Gasteiger partial charge in [0, 0.05) is 34.7 Å². The van der Waals surface area contributed by atoms with E-state index in [0.717, 1.165) is 11.3 Å². The van der Waals surface area contributed by atoms with Gasteiger partial charge in [-0.05, 0) is 61.2 Å². The Labute approximate surface area is 279 Å². The average molecular weight is 656 g/mol. The van der Waals surface area contributed by atoms with E-state index in [4.69, 9.17) is 11.6 Å². The van der Waals surface area contributed by atoms with Crippen LogP contribution < -0.4 is 9.80 Å². The molecule has 238 valence electrons. The molecule has 3 fully saturated rings. The van der Waals surface area contributed by atoms with Gasteiger partial charge >= 0.3 is 0 Å². The second-order valence-electron chi connectivity index (χ2n) is 12.1. The van der Waals surface area contributed by atoms with Crippen LogP contribution in [-0.4, -0.2) is 69.5 Å². The predicted molar refractivity (Wildman–Crippen MR) is 185 cm³/mol. The van der Waals surface area contributed by atoms with E-state index < -0.39 is 28.7 Å². The fraction of sp³-hybridized carbons (Fsp3) is 0.324. The first-order valence-electron chi connectivity index (χ1n) is 15.6. The molecule has 3 amide bonds. The number of aliphatic hydroxyl groups excluding tert-OH is 1. The minimum atomic E-state index is -0.890. The summed E-state index contributed by atoms with van der Waals surface area (Å²) in [5, 5.41) is 11.3. The second-order valence-corrected chi connectivity index (χ2v) is 14.2. The van der Waals surface area contributed by atoms with E-state index >= 15 is 0 Å². The quantitative estimate of drug-likeness (QED) is 0.251. The van der Waals surface area contributed by atoms with Gasteiger partial charge in [-0.15, -0.1) is 24.9 Å². The summed E-state index contributed by atoms with van der Waals surface area (Å²) in [6.07, 6.45) is 5.06. The highest BCUT2D eigenvalue weighted by molar-refractivity contribution is 8.02. The van der Waals surface area contributed by atoms with Gasteiger partial charge < -0.3 is 19.8 Å². The SMILES string of the molecule is C=CCN(C(=O)C1N([C@@H](CO)Cc2ccccc2)C(=O)[C@@H]2[C@H](C(=O)N(CC=C)c3ccccc3)[C@@H]3CCC12S3)c1ccc(Cl)cc1. The van der Waals surface area contributed by atoms with Crippen LogP contribution in [0.1, 0.15) is 18.4 Å². The van der Waals surface area contributed by atoms with Gasteiger partial charge in [0.25, 0.3) is 5.91 Å². The Morgan fingerprint density at radius 1 is 0.935 bits per heavy atom. The van der Waals surface area contributed by atoms with E-state index in [-0.39, 0.29) is 36.1 Å². The van der Waals surface area contributed by atoms with Crippen LogP contribution in [0.2, 0.25) is 5.02 Å². The van der Waals surface area contributed by atoms with E-state index in [1.54, 1.807) is 62.9 Å². The third-order valence-corrected chi connectivity index (χ3v) is 11.7. The largest absolute Gasteiger partial charge is 0.394 e. The first kappa shape index (κ1) is 32.1. The molecule has 3 saturated heterocycles. The molecule has 9 heteroatoms. The number of halogens is 1. The Morgan fingerprint density at radius 2 is 1.52 bits per heavy atom. The number of carbonyl (C=O) groups is 3. The molecule has 1 spiro atoms. The van der Waals surface area contributed by atoms with E-state index in [2.05, 4.69) is 13.2 Å². The summed E-state index contributed by atoms with van der Waals surface area (Å²) in [5.74, 6) is -1.97. The van der Waals surface area contributed by atoms with Crippen LogP contribution in [0.5, 0.6) is 0 Å². The number of carbonyl (C=O) groups excluding carboxylic acids is 3. The molecule has 6 atom stereocenters. The summed E-state index contributed by atoms with van der Waals surface area (Å²) in [6.45, 7) is 7.99. The molecule has 0 aromatic heterocycles. The molecule has 3 aliphatic heterocycles. The fourth-order valence-corrected chi connectivity index (χ4v) is 9.96. The number of hydrogen-bond donors (Lipinski definition) is 1. The van der Waals surface area contributed by atoms with Crippen LogP contribution in [0.25, 0.3) is 0 Å². The first-order valence-corrected chi connectivity index (χ1v) is 16.9. The number of anilines is 2. The molecule has 0 saturated carbocycles. The molecular weight excluding hydrogens is 618 g/mol. The topological polar surface area (TPSA) is 81.2 Å². The zero-order valence-corrected chi connectivity index (χ0v) is 27.2. The highest BCUT2D eigenvalue weighted by Gasteiger charge is 2.74. The van der Waals surface area contributed by atoms with Crippen molar-refractivity contribution >= 4 is 52.5 Å². The molecule has 2 bridgehead atoms. The molecule has 3 aromatic rings. The number of aliphatic hydroxyl groups is 1. The van der Waals surface area contributed by atoms with Crippen molar-refractivity contribution in [1.82, 2.24) is 4.90 Å². The van der Waals surface area contributed by atoms with Crippen LogP contribution in [-0.2, 0) is 20.8 Å². The van der Waals surface area contributed by atoms with Crippen molar-refractivity contribution in [2.45, 2.75) is 41.3 Å². The monoisotopic (exact) mass is 655 g/mol. The average Bonchev–Trinajstić information content (AvgIpc) is 3.73. The lowest BCUT2D eigenvalue weighted by atomic mass is 9.70. The number of rotatable bonds is 12. The molecular formula is C37H38ClN3O4S. The van der Waals surface area contributed by atoms with E-state index in [0.29, 0.717) is 36.5 Å². The van der Waals surface area contributed by atoms with Crippen LogP contribution in [0, 0.1) is 11.8 Å². The lowest BCUT2D eigenvalue weighted by molar-refractivity contribution is -0.141. The standard InChI is InChI=1S/C37H38ClN3O4S/c1-3-21-39(27-13-9-6-10-14-27)34(43)31-30-19-20-37(46-30)32(31)35(44)41(29(24-42)23-25-11-7-5-8-12-25)33(37)36(45)40(22-4-2)28-17-15-26(38)16-18-28/h3-18,29-33,42H,1-2,19-24H2/t29-,30+,31-,32+,33?,37?/m1/s1. The van der Waals surface area contributed by atoms with Gasteiger partial charge in [0.05, 0.1) is 29.2 Å². The molecule has 46 heavy (non-hydrogen) atoms. The fourth-order valence-electron chi connectivity index (χ4n) is 7.64. The van der Waals surface area contributed by atoms with Gasteiger partial charge in [0.2, 0.25) is 11.8 Å². The smallest absolute Gasteiger partial charge is 0.251 e. The number of thioether (sulfide) groups is 1. The number of para-hydroxylation sites is 1. The van der Waals surface area contributed by atoms with E-state index in [1.165, 1.54) is 0 Å². The number of nitrogens with zero attached hydrogens (tertiary/aromatic N) is 3. The number of fused-ring (bicyclic) bond motifs is 1. The highest BCUT2D eigenvalue weighted by atomic mass is 35.5. The predicted octanol–water partition coefficient (Wildman–Crippen LogP) is 5.77. The zero-order chi connectivity index (χ0) is 32.4. The Bertz CT molecular complexity index is 1600. The second kappa shape index (κ2) is 13.5. The first-order chi connectivity index (χ1) is 22.3. The van der Waals surface area contributed by atoms with Crippen LogP contribution in [0.15, 0.2) is 110 Å². The highest BCUT2D eigenvalue weighted by Crippen LogP contribution is 2.67. The third-order valence-electron chi connectivity index (χ3n) is 9.54. The molecule has 3 aromatic carbocycles. The van der Waals surface area contributed by atoms with E-state index in [9.17, 15) is 19.5 Å². The van der Waals surface area contributed by atoms with Crippen molar-refractivity contribution in [2.75, 3.05) is 29.5 Å². The van der Waals surface area contributed by atoms with Crippen molar-refractivity contribution in [1.29, 1.82) is 0 Å². The third kappa shape index (κ3) is 5.57. The molecule has 0 radical (unpaired) electrons. The van der Waals surface area contributed by atoms with Gasteiger partial charge in [0.1, 0.15) is 6.04 Å². The Balaban J connectivity index is 1.45. The minimum Gasteiger partial charge on any atom is -0.394 e. The lowest BCUT2D eigenvalue weighted by Crippen LogP contribution is -2.58. The van der Waals surface area contributed by atoms with Gasteiger partial charge in [-0.25, -0.2) is 0 Å². The summed E-state index contributed by atoms with van der Waals surface area (Å²) in [7, 11) is 0. The molecule has 3 aliphatic rings. The summed E-state index contributed by atoms with van der Waals surface area (Å²) in [4.78, 5) is 49.3. The van der Waals surface area contributed by atoms with Crippen molar-refractivity contribution in [3.63, 3.8) is 0 Å². The van der Waals surface area contributed by atoms with Gasteiger partial charge in [-0.2, -0.15) is 0 Å². The Hall–Kier alpha value is -3.85. The molecule has 2 unspecified atom stereocenters. The number of amides is 3. The molecule has 3 heterocycles. The summed E-state index contributed by atoms with van der Waals surface area (Å²) < 4.78 is -0.828. The summed E-state index contributed by atoms with van der Waals surface area (Å²) >= 11 is 7.81. The number of hydrogen-bond acceptors (Lipinski definition) is 5. The Kier molecular flexibility index (Phi) is 9.41. The molecule has 0 aliphatic carbocycles. The maximum atomic E-state index is 15.0. The number of likely N-dealkylation sites (tertiary alicyclic amines) is 1. The number of benzene rings is 3. The van der Waals surface area contributed by atoms with Crippen LogP contribution in [0.3, 0.4) is 0 Å². The van der Waals surface area contributed by atoms with Crippen molar-refractivity contribution in [3.05, 3.63) is 121 Å². The maximum absolute atomic E-state index is 15.0. The van der Waals surface area contributed by atoms with Crippen molar-refractivity contribution in [2.24, 2.45) is 11.8 Å². The molecule has 7 nitrogen and oxygen atoms in total.